The maximum Gasteiger partial charge on any atom is 0.130 e. The average molecular weight is 322 g/mol. The zero-order valence-electron chi connectivity index (χ0n) is 12.5. The summed E-state index contributed by atoms with van der Waals surface area (Å²) in [6.07, 6.45) is 3.75. The molecule has 22 heavy (non-hydrogen) atoms. The minimum absolute atomic E-state index is 0.0347. The molecule has 1 N–H and O–H groups in total. The van der Waals surface area contributed by atoms with Crippen molar-refractivity contribution in [1.82, 2.24) is 14.9 Å². The molecule has 0 amide bonds. The molecule has 3 rings (SSSR count). The van der Waals surface area contributed by atoms with E-state index in [0.717, 1.165) is 16.4 Å². The first kappa shape index (κ1) is 15.5. The Hall–Kier alpha value is -1.40. The molecule has 1 aliphatic heterocycles. The zero-order chi connectivity index (χ0) is 15.4. The van der Waals surface area contributed by atoms with Crippen molar-refractivity contribution in [3.8, 4) is 0 Å². The highest BCUT2D eigenvalue weighted by atomic mass is 35.5. The fraction of sp³-hybridized carbons (Fsp3) is 0.438. The Morgan fingerprint density at radius 3 is 2.50 bits per heavy atom. The minimum Gasteiger partial charge on any atom is -0.377 e. The minimum atomic E-state index is -0.0347. The van der Waals surface area contributed by atoms with E-state index >= 15 is 0 Å². The second-order valence-corrected chi connectivity index (χ2v) is 5.83. The van der Waals surface area contributed by atoms with Crippen LogP contribution in [0.1, 0.15) is 17.4 Å². The Labute approximate surface area is 135 Å². The molecule has 1 aromatic heterocycles. The molecular formula is C16H20ClN3O2. The highest BCUT2D eigenvalue weighted by molar-refractivity contribution is 6.30. The first-order valence-electron chi connectivity index (χ1n) is 7.38. The number of imidazole rings is 1. The number of nitrogens with one attached hydrogen (secondary N) is 1. The van der Waals surface area contributed by atoms with Crippen LogP contribution in [0.5, 0.6) is 0 Å². The van der Waals surface area contributed by atoms with E-state index in [1.807, 2.05) is 42.1 Å². The predicted molar refractivity (Wildman–Crippen MR) is 85.1 cm³/mol. The third-order valence-electron chi connectivity index (χ3n) is 3.73. The lowest BCUT2D eigenvalue weighted by Gasteiger charge is -2.24. The standard InChI is InChI=1S/C16H20ClN3O2/c1-20-7-6-18-16(20)15(12-2-4-13(17)5-3-12)19-14-10-21-8-9-22-11-14/h2-7,14-15,19H,8-11H2,1H3. The van der Waals surface area contributed by atoms with E-state index in [-0.39, 0.29) is 12.1 Å². The van der Waals surface area contributed by atoms with Crippen LogP contribution < -0.4 is 5.32 Å². The van der Waals surface area contributed by atoms with Crippen molar-refractivity contribution in [1.29, 1.82) is 0 Å². The first-order chi connectivity index (χ1) is 10.7. The third-order valence-corrected chi connectivity index (χ3v) is 3.98. The summed E-state index contributed by atoms with van der Waals surface area (Å²) in [5.41, 5.74) is 1.11. The SMILES string of the molecule is Cn1ccnc1C(NC1COCCOC1)c1ccc(Cl)cc1. The van der Waals surface area contributed by atoms with E-state index in [0.29, 0.717) is 26.4 Å². The van der Waals surface area contributed by atoms with E-state index in [4.69, 9.17) is 21.1 Å². The van der Waals surface area contributed by atoms with Crippen LogP contribution in [-0.2, 0) is 16.5 Å². The lowest BCUT2D eigenvalue weighted by atomic mass is 10.0. The monoisotopic (exact) mass is 321 g/mol. The second kappa shape index (κ2) is 7.24. The van der Waals surface area contributed by atoms with Crippen LogP contribution in [0.25, 0.3) is 0 Å². The molecule has 1 aromatic carbocycles. The molecule has 1 saturated heterocycles. The van der Waals surface area contributed by atoms with Crippen LogP contribution in [0.15, 0.2) is 36.7 Å². The van der Waals surface area contributed by atoms with Gasteiger partial charge in [0.2, 0.25) is 0 Å². The Bertz CT molecular complexity index is 592. The third kappa shape index (κ3) is 3.67. The lowest BCUT2D eigenvalue weighted by Crippen LogP contribution is -2.40. The Morgan fingerprint density at radius 1 is 1.23 bits per heavy atom. The molecule has 2 heterocycles. The van der Waals surface area contributed by atoms with Gasteiger partial charge in [-0.25, -0.2) is 4.98 Å². The zero-order valence-corrected chi connectivity index (χ0v) is 13.3. The van der Waals surface area contributed by atoms with Gasteiger partial charge in [0.05, 0.1) is 38.5 Å². The second-order valence-electron chi connectivity index (χ2n) is 5.39. The summed E-state index contributed by atoms with van der Waals surface area (Å²) in [4.78, 5) is 4.49. The van der Waals surface area contributed by atoms with Crippen LogP contribution in [0.3, 0.4) is 0 Å². The molecule has 0 bridgehead atoms. The van der Waals surface area contributed by atoms with Crippen molar-refractivity contribution >= 4 is 11.6 Å². The van der Waals surface area contributed by atoms with Crippen LogP contribution in [-0.4, -0.2) is 42.0 Å². The van der Waals surface area contributed by atoms with Crippen molar-refractivity contribution in [2.75, 3.05) is 26.4 Å². The number of benzene rings is 1. The Kier molecular flexibility index (Phi) is 5.10. The van der Waals surface area contributed by atoms with Crippen molar-refractivity contribution in [3.05, 3.63) is 53.1 Å². The molecule has 1 fully saturated rings. The number of hydrogen-bond acceptors (Lipinski definition) is 4. The number of halogens is 1. The average Bonchev–Trinajstić information content (AvgIpc) is 2.78. The quantitative estimate of drug-likeness (QED) is 0.937. The van der Waals surface area contributed by atoms with Gasteiger partial charge in [0.15, 0.2) is 0 Å². The first-order valence-corrected chi connectivity index (χ1v) is 7.76. The molecular weight excluding hydrogens is 302 g/mol. The number of aromatic nitrogens is 2. The molecule has 118 valence electrons. The Balaban J connectivity index is 1.85. The van der Waals surface area contributed by atoms with E-state index < -0.39 is 0 Å². The fourth-order valence-corrected chi connectivity index (χ4v) is 2.71. The fourth-order valence-electron chi connectivity index (χ4n) is 2.58. The molecule has 0 spiro atoms. The summed E-state index contributed by atoms with van der Waals surface area (Å²) >= 11 is 6.00. The number of ether oxygens (including phenoxy) is 2. The summed E-state index contributed by atoms with van der Waals surface area (Å²) < 4.78 is 13.2. The highest BCUT2D eigenvalue weighted by Gasteiger charge is 2.23. The summed E-state index contributed by atoms with van der Waals surface area (Å²) in [6.45, 7) is 2.56. The van der Waals surface area contributed by atoms with Crippen molar-refractivity contribution in [2.45, 2.75) is 12.1 Å². The molecule has 6 heteroatoms. The summed E-state index contributed by atoms with van der Waals surface area (Å²) in [6, 6.07) is 7.93. The van der Waals surface area contributed by atoms with E-state index in [2.05, 4.69) is 10.3 Å². The van der Waals surface area contributed by atoms with Crippen LogP contribution in [0.2, 0.25) is 5.02 Å². The van der Waals surface area contributed by atoms with Gasteiger partial charge in [0, 0.05) is 24.5 Å². The molecule has 1 atom stereocenters. The molecule has 1 unspecified atom stereocenters. The summed E-state index contributed by atoms with van der Waals surface area (Å²) in [5.74, 6) is 0.951. The summed E-state index contributed by atoms with van der Waals surface area (Å²) in [5, 5.41) is 4.32. The number of hydrogen-bond donors (Lipinski definition) is 1. The number of nitrogens with zero attached hydrogens (tertiary/aromatic N) is 2. The largest absolute Gasteiger partial charge is 0.377 e. The smallest absolute Gasteiger partial charge is 0.130 e. The van der Waals surface area contributed by atoms with Gasteiger partial charge >= 0.3 is 0 Å². The van der Waals surface area contributed by atoms with Crippen molar-refractivity contribution in [3.63, 3.8) is 0 Å². The van der Waals surface area contributed by atoms with E-state index in [1.165, 1.54) is 0 Å². The highest BCUT2D eigenvalue weighted by Crippen LogP contribution is 2.23. The number of aryl methyl sites for hydroxylation is 1. The normalized spacial score (nSPS) is 18.1. The molecule has 2 aromatic rings. The van der Waals surface area contributed by atoms with Crippen LogP contribution >= 0.6 is 11.6 Å². The van der Waals surface area contributed by atoms with Gasteiger partial charge < -0.3 is 14.0 Å². The molecule has 0 aliphatic carbocycles. The molecule has 1 aliphatic rings. The maximum atomic E-state index is 6.00. The maximum absolute atomic E-state index is 6.00. The molecule has 5 nitrogen and oxygen atoms in total. The Morgan fingerprint density at radius 2 is 1.91 bits per heavy atom. The van der Waals surface area contributed by atoms with Crippen molar-refractivity contribution in [2.24, 2.45) is 7.05 Å². The van der Waals surface area contributed by atoms with Gasteiger partial charge in [0.1, 0.15) is 5.82 Å². The van der Waals surface area contributed by atoms with Gasteiger partial charge in [-0.1, -0.05) is 23.7 Å². The van der Waals surface area contributed by atoms with Gasteiger partial charge in [-0.2, -0.15) is 0 Å². The van der Waals surface area contributed by atoms with E-state index in [1.54, 1.807) is 6.20 Å². The van der Waals surface area contributed by atoms with E-state index in [9.17, 15) is 0 Å². The van der Waals surface area contributed by atoms with Gasteiger partial charge in [-0.3, -0.25) is 5.32 Å². The molecule has 0 radical (unpaired) electrons. The number of rotatable bonds is 4. The predicted octanol–water partition coefficient (Wildman–Crippen LogP) is 2.17. The van der Waals surface area contributed by atoms with Crippen LogP contribution in [0, 0.1) is 0 Å². The van der Waals surface area contributed by atoms with Crippen molar-refractivity contribution < 1.29 is 9.47 Å². The molecule has 0 saturated carbocycles. The van der Waals surface area contributed by atoms with Gasteiger partial charge in [-0.05, 0) is 17.7 Å². The van der Waals surface area contributed by atoms with Crippen LogP contribution in [0.4, 0.5) is 0 Å². The summed E-state index contributed by atoms with van der Waals surface area (Å²) in [7, 11) is 1.99. The van der Waals surface area contributed by atoms with Gasteiger partial charge in [-0.15, -0.1) is 0 Å². The lowest BCUT2D eigenvalue weighted by molar-refractivity contribution is 0.103. The van der Waals surface area contributed by atoms with Gasteiger partial charge in [0.25, 0.3) is 0 Å². The topological polar surface area (TPSA) is 48.3 Å².